The maximum Gasteiger partial charge on any atom is 0.235 e. The van der Waals surface area contributed by atoms with Crippen molar-refractivity contribution in [2.45, 2.75) is 26.2 Å². The highest BCUT2D eigenvalue weighted by Crippen LogP contribution is 2.27. The Bertz CT molecular complexity index is 641. The molecule has 1 aliphatic rings. The first-order chi connectivity index (χ1) is 9.54. The molecule has 0 unspecified atom stereocenters. The van der Waals surface area contributed by atoms with Crippen molar-refractivity contribution in [3.05, 3.63) is 29.3 Å². The summed E-state index contributed by atoms with van der Waals surface area (Å²) in [5.41, 5.74) is 2.50. The van der Waals surface area contributed by atoms with Crippen molar-refractivity contribution in [3.63, 3.8) is 0 Å². The van der Waals surface area contributed by atoms with Crippen molar-refractivity contribution in [2.24, 2.45) is 0 Å². The predicted molar refractivity (Wildman–Crippen MR) is 80.1 cm³/mol. The number of rotatable bonds is 2. The third-order valence-electron chi connectivity index (χ3n) is 3.28. The van der Waals surface area contributed by atoms with Crippen LogP contribution in [0, 0.1) is 18.8 Å². The Labute approximate surface area is 120 Å². The molecule has 0 spiro atoms. The maximum absolute atomic E-state index is 12.1. The van der Waals surface area contributed by atoms with Gasteiger partial charge < -0.3 is 5.11 Å². The van der Waals surface area contributed by atoms with Crippen LogP contribution in [0.5, 0.6) is 0 Å². The van der Waals surface area contributed by atoms with E-state index in [2.05, 4.69) is 11.8 Å². The summed E-state index contributed by atoms with van der Waals surface area (Å²) in [6.45, 7) is 2.51. The van der Waals surface area contributed by atoms with Gasteiger partial charge in [-0.15, -0.1) is 0 Å². The van der Waals surface area contributed by atoms with Gasteiger partial charge in [-0.05, 0) is 43.5 Å². The minimum absolute atomic E-state index is 0.0517. The fourth-order valence-corrected chi connectivity index (χ4v) is 3.99. The summed E-state index contributed by atoms with van der Waals surface area (Å²) >= 11 is 0. The van der Waals surface area contributed by atoms with Crippen LogP contribution in [0.4, 0.5) is 5.69 Å². The lowest BCUT2D eigenvalue weighted by molar-refractivity contribution is 0.305. The average Bonchev–Trinajstić information content (AvgIpc) is 2.40. The molecule has 20 heavy (non-hydrogen) atoms. The van der Waals surface area contributed by atoms with Crippen LogP contribution in [0.1, 0.15) is 30.4 Å². The summed E-state index contributed by atoms with van der Waals surface area (Å²) in [5.74, 6) is 6.05. The number of nitrogens with zero attached hydrogens (tertiary/aromatic N) is 1. The van der Waals surface area contributed by atoms with E-state index in [1.165, 1.54) is 4.31 Å². The number of benzene rings is 1. The molecule has 0 bridgehead atoms. The zero-order valence-electron chi connectivity index (χ0n) is 11.6. The Morgan fingerprint density at radius 3 is 2.80 bits per heavy atom. The van der Waals surface area contributed by atoms with Gasteiger partial charge in [0.15, 0.2) is 0 Å². The summed E-state index contributed by atoms with van der Waals surface area (Å²) in [6.07, 6.45) is 2.08. The lowest BCUT2D eigenvalue weighted by Gasteiger charge is -2.29. The van der Waals surface area contributed by atoms with Gasteiger partial charge in [0.05, 0.1) is 18.0 Å². The van der Waals surface area contributed by atoms with Crippen molar-refractivity contribution in [1.29, 1.82) is 0 Å². The molecule has 0 saturated carbocycles. The molecular formula is C15H19NO3S. The lowest BCUT2D eigenvalue weighted by atomic mass is 10.1. The second kappa shape index (κ2) is 6.29. The van der Waals surface area contributed by atoms with Crippen LogP contribution in [-0.2, 0) is 10.0 Å². The molecule has 0 amide bonds. The van der Waals surface area contributed by atoms with Gasteiger partial charge >= 0.3 is 0 Å². The molecule has 1 aromatic carbocycles. The van der Waals surface area contributed by atoms with Crippen LogP contribution in [0.2, 0.25) is 0 Å². The normalized spacial score (nSPS) is 17.4. The Balaban J connectivity index is 2.28. The van der Waals surface area contributed by atoms with E-state index in [9.17, 15) is 8.42 Å². The van der Waals surface area contributed by atoms with Crippen LogP contribution >= 0.6 is 0 Å². The fourth-order valence-electron chi connectivity index (χ4n) is 2.29. The number of hydrogen-bond acceptors (Lipinski definition) is 3. The summed E-state index contributed by atoms with van der Waals surface area (Å²) < 4.78 is 25.7. The van der Waals surface area contributed by atoms with Crippen molar-refractivity contribution >= 4 is 15.7 Å². The van der Waals surface area contributed by atoms with Crippen molar-refractivity contribution < 1.29 is 13.5 Å². The average molecular weight is 293 g/mol. The number of aryl methyl sites for hydroxylation is 1. The number of aliphatic hydroxyl groups excluding tert-OH is 1. The molecule has 0 atom stereocenters. The van der Waals surface area contributed by atoms with E-state index in [4.69, 9.17) is 5.11 Å². The first-order valence-electron chi connectivity index (χ1n) is 6.75. The molecule has 0 radical (unpaired) electrons. The van der Waals surface area contributed by atoms with Crippen molar-refractivity contribution in [3.8, 4) is 11.8 Å². The minimum Gasteiger partial charge on any atom is -0.395 e. The Morgan fingerprint density at radius 2 is 2.15 bits per heavy atom. The number of hydrogen-bond donors (Lipinski definition) is 1. The van der Waals surface area contributed by atoms with Crippen LogP contribution in [0.3, 0.4) is 0 Å². The van der Waals surface area contributed by atoms with Crippen molar-refractivity contribution in [2.75, 3.05) is 23.2 Å². The topological polar surface area (TPSA) is 57.6 Å². The summed E-state index contributed by atoms with van der Waals surface area (Å²) in [4.78, 5) is 0. The molecule has 1 fully saturated rings. The van der Waals surface area contributed by atoms with E-state index in [1.54, 1.807) is 0 Å². The quantitative estimate of drug-likeness (QED) is 0.844. The molecule has 1 aliphatic heterocycles. The second-order valence-electron chi connectivity index (χ2n) is 4.87. The summed E-state index contributed by atoms with van der Waals surface area (Å²) in [6, 6.07) is 5.54. The SMILES string of the molecule is Cc1cc(C#CCCO)ccc1N1CCCCS1(=O)=O. The molecular weight excluding hydrogens is 274 g/mol. The number of anilines is 1. The fraction of sp³-hybridized carbons (Fsp3) is 0.467. The first kappa shape index (κ1) is 14.9. The molecule has 2 rings (SSSR count). The van der Waals surface area contributed by atoms with Gasteiger partial charge in [-0.1, -0.05) is 11.8 Å². The number of sulfonamides is 1. The van der Waals surface area contributed by atoms with E-state index in [1.807, 2.05) is 25.1 Å². The third kappa shape index (κ3) is 3.33. The molecule has 1 saturated heterocycles. The van der Waals surface area contributed by atoms with E-state index in [0.717, 1.165) is 29.7 Å². The lowest BCUT2D eigenvalue weighted by Crippen LogP contribution is -2.38. The molecule has 1 aromatic rings. The monoisotopic (exact) mass is 293 g/mol. The zero-order valence-corrected chi connectivity index (χ0v) is 12.4. The van der Waals surface area contributed by atoms with E-state index < -0.39 is 10.0 Å². The molecule has 1 N–H and O–H groups in total. The van der Waals surface area contributed by atoms with Crippen LogP contribution in [-0.4, -0.2) is 32.4 Å². The number of aliphatic hydroxyl groups is 1. The van der Waals surface area contributed by atoms with E-state index in [-0.39, 0.29) is 12.4 Å². The first-order valence-corrected chi connectivity index (χ1v) is 8.36. The largest absolute Gasteiger partial charge is 0.395 e. The smallest absolute Gasteiger partial charge is 0.235 e. The second-order valence-corrected chi connectivity index (χ2v) is 6.88. The van der Waals surface area contributed by atoms with Crippen LogP contribution in [0.15, 0.2) is 18.2 Å². The van der Waals surface area contributed by atoms with Gasteiger partial charge in [0.25, 0.3) is 0 Å². The highest BCUT2D eigenvalue weighted by Gasteiger charge is 2.26. The third-order valence-corrected chi connectivity index (χ3v) is 5.14. The molecule has 4 nitrogen and oxygen atoms in total. The Hall–Kier alpha value is -1.51. The molecule has 5 heteroatoms. The van der Waals surface area contributed by atoms with E-state index in [0.29, 0.717) is 13.0 Å². The minimum atomic E-state index is -3.17. The van der Waals surface area contributed by atoms with Crippen LogP contribution in [0.25, 0.3) is 0 Å². The van der Waals surface area contributed by atoms with Gasteiger partial charge in [-0.25, -0.2) is 8.42 Å². The maximum atomic E-state index is 12.1. The molecule has 0 aromatic heterocycles. The van der Waals surface area contributed by atoms with Gasteiger partial charge in [0.1, 0.15) is 0 Å². The Kier molecular flexibility index (Phi) is 4.69. The van der Waals surface area contributed by atoms with Gasteiger partial charge in [-0.2, -0.15) is 0 Å². The predicted octanol–water partition coefficient (Wildman–Crippen LogP) is 1.66. The summed E-state index contributed by atoms with van der Waals surface area (Å²) in [7, 11) is -3.17. The van der Waals surface area contributed by atoms with Crippen molar-refractivity contribution in [1.82, 2.24) is 0 Å². The van der Waals surface area contributed by atoms with Gasteiger partial charge in [0, 0.05) is 18.5 Å². The van der Waals surface area contributed by atoms with Gasteiger partial charge in [-0.3, -0.25) is 4.31 Å². The van der Waals surface area contributed by atoms with Crippen LogP contribution < -0.4 is 4.31 Å². The highest BCUT2D eigenvalue weighted by atomic mass is 32.2. The highest BCUT2D eigenvalue weighted by molar-refractivity contribution is 7.92. The molecule has 1 heterocycles. The molecule has 0 aliphatic carbocycles. The zero-order chi connectivity index (χ0) is 14.6. The standard InChI is InChI=1S/C15H19NO3S/c1-13-12-14(6-2-4-10-17)7-8-15(13)16-9-3-5-11-20(16,18)19/h7-8,12,17H,3-5,9-11H2,1H3. The molecule has 108 valence electrons. The summed E-state index contributed by atoms with van der Waals surface area (Å²) in [5, 5.41) is 8.69. The Morgan fingerprint density at radius 1 is 1.35 bits per heavy atom. The van der Waals surface area contributed by atoms with E-state index >= 15 is 0 Å². The van der Waals surface area contributed by atoms with Gasteiger partial charge in [0.2, 0.25) is 10.0 Å².